The van der Waals surface area contributed by atoms with E-state index in [9.17, 15) is 13.2 Å². The summed E-state index contributed by atoms with van der Waals surface area (Å²) in [5.41, 5.74) is 0.674. The van der Waals surface area contributed by atoms with Gasteiger partial charge < -0.3 is 5.11 Å². The minimum absolute atomic E-state index is 0.0762. The summed E-state index contributed by atoms with van der Waals surface area (Å²) in [7, 11) is -3.61. The second-order valence-corrected chi connectivity index (χ2v) is 7.79. The fourth-order valence-electron chi connectivity index (χ4n) is 1.75. The Morgan fingerprint density at radius 2 is 2.11 bits per heavy atom. The molecule has 1 heterocycles. The van der Waals surface area contributed by atoms with Crippen LogP contribution in [-0.4, -0.2) is 26.0 Å². The Labute approximate surface area is 117 Å². The van der Waals surface area contributed by atoms with E-state index in [1.807, 2.05) is 13.8 Å². The molecule has 0 fully saturated rings. The van der Waals surface area contributed by atoms with Crippen molar-refractivity contribution >= 4 is 27.3 Å². The van der Waals surface area contributed by atoms with Crippen molar-refractivity contribution in [3.8, 4) is 0 Å². The molecule has 0 aliphatic heterocycles. The van der Waals surface area contributed by atoms with Crippen molar-refractivity contribution in [3.63, 3.8) is 0 Å². The molecule has 1 unspecified atom stereocenters. The van der Waals surface area contributed by atoms with Gasteiger partial charge in [0.1, 0.15) is 4.21 Å². The van der Waals surface area contributed by atoms with Crippen LogP contribution in [-0.2, 0) is 14.8 Å². The fourth-order valence-corrected chi connectivity index (χ4v) is 4.29. The number of carboxylic acid groups (broad SMARTS) is 1. The highest BCUT2D eigenvalue weighted by Gasteiger charge is 2.24. The first-order valence-electron chi connectivity index (χ1n) is 6.00. The van der Waals surface area contributed by atoms with Gasteiger partial charge in [-0.15, -0.1) is 11.3 Å². The van der Waals surface area contributed by atoms with E-state index < -0.39 is 21.9 Å². The van der Waals surface area contributed by atoms with Crippen LogP contribution in [0.4, 0.5) is 0 Å². The summed E-state index contributed by atoms with van der Waals surface area (Å²) in [5.74, 6) is -1.47. The zero-order valence-electron chi connectivity index (χ0n) is 11.2. The largest absolute Gasteiger partial charge is 0.481 e. The molecule has 0 saturated heterocycles. The molecule has 0 spiro atoms. The highest BCUT2D eigenvalue weighted by Crippen LogP contribution is 2.21. The molecule has 0 aliphatic rings. The second-order valence-electron chi connectivity index (χ2n) is 4.91. The molecule has 1 aromatic rings. The number of carboxylic acids is 1. The Kier molecular flexibility index (Phi) is 5.51. The van der Waals surface area contributed by atoms with Crippen molar-refractivity contribution in [3.05, 3.63) is 17.0 Å². The van der Waals surface area contributed by atoms with Crippen molar-refractivity contribution < 1.29 is 18.3 Å². The maximum Gasteiger partial charge on any atom is 0.307 e. The third kappa shape index (κ3) is 4.59. The van der Waals surface area contributed by atoms with E-state index in [2.05, 4.69) is 4.72 Å². The molecule has 0 saturated carbocycles. The highest BCUT2D eigenvalue weighted by molar-refractivity contribution is 7.91. The molecule has 0 aliphatic carbocycles. The van der Waals surface area contributed by atoms with Crippen molar-refractivity contribution in [2.24, 2.45) is 11.8 Å². The van der Waals surface area contributed by atoms with Crippen LogP contribution in [0.5, 0.6) is 0 Å². The van der Waals surface area contributed by atoms with Crippen molar-refractivity contribution in [1.82, 2.24) is 4.72 Å². The highest BCUT2D eigenvalue weighted by atomic mass is 32.2. The van der Waals surface area contributed by atoms with Crippen molar-refractivity contribution in [2.75, 3.05) is 6.54 Å². The van der Waals surface area contributed by atoms with Gasteiger partial charge in [-0.25, -0.2) is 13.1 Å². The van der Waals surface area contributed by atoms with Gasteiger partial charge in [0.15, 0.2) is 0 Å². The molecule has 19 heavy (non-hydrogen) atoms. The molecule has 0 bridgehead atoms. The Morgan fingerprint density at radius 1 is 1.47 bits per heavy atom. The number of aliphatic carboxylic acids is 1. The average Bonchev–Trinajstić information content (AvgIpc) is 2.70. The van der Waals surface area contributed by atoms with Gasteiger partial charge in [-0.3, -0.25) is 4.79 Å². The molecule has 1 aromatic heterocycles. The molecule has 0 radical (unpaired) electrons. The maximum absolute atomic E-state index is 12.0. The van der Waals surface area contributed by atoms with Crippen LogP contribution in [0.1, 0.15) is 25.8 Å². The van der Waals surface area contributed by atoms with Crippen molar-refractivity contribution in [2.45, 2.75) is 31.4 Å². The molecule has 2 N–H and O–H groups in total. The van der Waals surface area contributed by atoms with Crippen LogP contribution in [0, 0.1) is 18.8 Å². The van der Waals surface area contributed by atoms with Gasteiger partial charge >= 0.3 is 5.97 Å². The fraction of sp³-hybridized carbons (Fsp3) is 0.583. The topological polar surface area (TPSA) is 83.5 Å². The Balaban J connectivity index is 2.74. The third-order valence-corrected chi connectivity index (χ3v) is 5.80. The summed E-state index contributed by atoms with van der Waals surface area (Å²) in [6.45, 7) is 5.46. The normalized spacial score (nSPS) is 13.7. The number of carbonyl (C=O) groups is 1. The summed E-state index contributed by atoms with van der Waals surface area (Å²) in [5, 5.41) is 10.8. The Hall–Kier alpha value is -0.920. The lowest BCUT2D eigenvalue weighted by Gasteiger charge is -2.15. The van der Waals surface area contributed by atoms with E-state index in [4.69, 9.17) is 5.11 Å². The van der Waals surface area contributed by atoms with E-state index in [0.29, 0.717) is 12.0 Å². The maximum atomic E-state index is 12.0. The molecular formula is C12H19NO4S2. The van der Waals surface area contributed by atoms with Gasteiger partial charge in [0.25, 0.3) is 0 Å². The summed E-state index contributed by atoms with van der Waals surface area (Å²) in [6.07, 6.45) is 0.446. The van der Waals surface area contributed by atoms with Crippen LogP contribution in [0.2, 0.25) is 0 Å². The van der Waals surface area contributed by atoms with Crippen LogP contribution in [0.3, 0.4) is 0 Å². The number of nitrogens with one attached hydrogen (secondary N) is 1. The lowest BCUT2D eigenvalue weighted by Crippen LogP contribution is -2.33. The third-order valence-electron chi connectivity index (χ3n) is 2.68. The lowest BCUT2D eigenvalue weighted by molar-refractivity contribution is -0.142. The predicted molar refractivity (Wildman–Crippen MR) is 74.8 cm³/mol. The standard InChI is InChI=1S/C12H19NO4S2/c1-8(2)6-10(11(14)15)7-13-19(16,17)12-9(3)4-5-18-12/h4-5,8,10,13H,6-7H2,1-3H3,(H,14,15). The molecule has 1 rings (SSSR count). The number of sulfonamides is 1. The first-order chi connectivity index (χ1) is 8.74. The van der Waals surface area contributed by atoms with Gasteiger partial charge in [-0.1, -0.05) is 13.8 Å². The molecule has 0 aromatic carbocycles. The number of thiophene rings is 1. The molecule has 5 nitrogen and oxygen atoms in total. The molecule has 1 atom stereocenters. The van der Waals surface area contributed by atoms with E-state index >= 15 is 0 Å². The minimum atomic E-state index is -3.61. The summed E-state index contributed by atoms with van der Waals surface area (Å²) >= 11 is 1.13. The van der Waals surface area contributed by atoms with Gasteiger partial charge in [0.2, 0.25) is 10.0 Å². The number of hydrogen-bond donors (Lipinski definition) is 2. The van der Waals surface area contributed by atoms with E-state index in [1.54, 1.807) is 18.4 Å². The summed E-state index contributed by atoms with van der Waals surface area (Å²) in [4.78, 5) is 11.1. The second kappa shape index (κ2) is 6.49. The SMILES string of the molecule is Cc1ccsc1S(=O)(=O)NCC(CC(C)C)C(=O)O. The average molecular weight is 305 g/mol. The number of hydrogen-bond acceptors (Lipinski definition) is 4. The van der Waals surface area contributed by atoms with Gasteiger partial charge in [0.05, 0.1) is 5.92 Å². The van der Waals surface area contributed by atoms with E-state index in [1.165, 1.54) is 0 Å². The smallest absolute Gasteiger partial charge is 0.307 e. The van der Waals surface area contributed by atoms with Crippen LogP contribution < -0.4 is 4.72 Å². The Bertz CT molecular complexity index is 534. The zero-order chi connectivity index (χ0) is 14.6. The predicted octanol–water partition coefficient (Wildman–Crippen LogP) is 2.08. The zero-order valence-corrected chi connectivity index (χ0v) is 12.8. The van der Waals surface area contributed by atoms with E-state index in [0.717, 1.165) is 11.3 Å². The van der Waals surface area contributed by atoms with Crippen LogP contribution in [0.15, 0.2) is 15.7 Å². The van der Waals surface area contributed by atoms with Crippen LogP contribution >= 0.6 is 11.3 Å². The van der Waals surface area contributed by atoms with E-state index in [-0.39, 0.29) is 16.7 Å². The molecule has 7 heteroatoms. The summed E-state index contributed by atoms with van der Waals surface area (Å²) in [6, 6.07) is 1.72. The Morgan fingerprint density at radius 3 is 2.53 bits per heavy atom. The first-order valence-corrected chi connectivity index (χ1v) is 8.37. The quantitative estimate of drug-likeness (QED) is 0.808. The number of rotatable bonds is 7. The molecule has 108 valence electrons. The van der Waals surface area contributed by atoms with Crippen molar-refractivity contribution in [1.29, 1.82) is 0 Å². The molecular weight excluding hydrogens is 286 g/mol. The first kappa shape index (κ1) is 16.1. The van der Waals surface area contributed by atoms with Gasteiger partial charge in [0, 0.05) is 6.54 Å². The summed E-state index contributed by atoms with van der Waals surface area (Å²) < 4.78 is 26.7. The number of aryl methyl sites for hydroxylation is 1. The van der Waals surface area contributed by atoms with Gasteiger partial charge in [-0.05, 0) is 36.3 Å². The van der Waals surface area contributed by atoms with Gasteiger partial charge in [-0.2, -0.15) is 0 Å². The molecule has 0 amide bonds. The van der Waals surface area contributed by atoms with Crippen LogP contribution in [0.25, 0.3) is 0 Å². The minimum Gasteiger partial charge on any atom is -0.481 e. The monoisotopic (exact) mass is 305 g/mol. The lowest BCUT2D eigenvalue weighted by atomic mass is 9.98.